The highest BCUT2D eigenvalue weighted by atomic mass is 15.0. The molecule has 6 nitrogen and oxygen atoms in total. The number of pyridine rings is 4. The van der Waals surface area contributed by atoms with E-state index in [0.29, 0.717) is 0 Å². The number of fused-ring (bicyclic) bond motifs is 6. The van der Waals surface area contributed by atoms with Gasteiger partial charge in [-0.2, -0.15) is 0 Å². The minimum atomic E-state index is 1.11. The summed E-state index contributed by atoms with van der Waals surface area (Å²) in [5.41, 5.74) is 18.2. The van der Waals surface area contributed by atoms with Gasteiger partial charge in [-0.3, -0.25) is 19.9 Å². The van der Waals surface area contributed by atoms with E-state index >= 15 is 0 Å². The average Bonchev–Trinajstić information content (AvgIpc) is 3.63. The zero-order chi connectivity index (χ0) is 33.4. The van der Waals surface area contributed by atoms with Crippen molar-refractivity contribution in [3.05, 3.63) is 144 Å². The normalized spacial score (nSPS) is 11.8. The number of aryl methyl sites for hydroxylation is 4. The molecule has 0 aliphatic carbocycles. The number of aromatic nitrogens is 6. The number of benzene rings is 3. The van der Waals surface area contributed by atoms with E-state index in [1.165, 1.54) is 50.1 Å². The molecule has 0 saturated carbocycles. The van der Waals surface area contributed by atoms with Crippen LogP contribution in [0.3, 0.4) is 0 Å². The molecule has 49 heavy (non-hydrogen) atoms. The molecule has 6 aromatic heterocycles. The van der Waals surface area contributed by atoms with Gasteiger partial charge in [0.25, 0.3) is 0 Å². The lowest BCUT2D eigenvalue weighted by Crippen LogP contribution is -2.01. The van der Waals surface area contributed by atoms with Gasteiger partial charge >= 0.3 is 0 Å². The minimum Gasteiger partial charge on any atom is -0.309 e. The second-order valence-electron chi connectivity index (χ2n) is 13.1. The minimum absolute atomic E-state index is 1.11. The van der Waals surface area contributed by atoms with E-state index < -0.39 is 0 Å². The highest BCUT2D eigenvalue weighted by molar-refractivity contribution is 6.09. The molecule has 236 valence electrons. The maximum absolute atomic E-state index is 4.40. The molecule has 3 aromatic carbocycles. The molecule has 0 N–H and O–H groups in total. The Morgan fingerprint density at radius 1 is 0.388 bits per heavy atom. The summed E-state index contributed by atoms with van der Waals surface area (Å²) in [7, 11) is 0. The lowest BCUT2D eigenvalue weighted by Gasteiger charge is -2.21. The van der Waals surface area contributed by atoms with Crippen LogP contribution >= 0.6 is 0 Å². The molecule has 6 heteroatoms. The topological polar surface area (TPSA) is 61.4 Å². The zero-order valence-corrected chi connectivity index (χ0v) is 28.2. The van der Waals surface area contributed by atoms with Gasteiger partial charge in [-0.05, 0) is 133 Å². The first-order valence-electron chi connectivity index (χ1n) is 16.6. The number of nitrogens with zero attached hydrogens (tertiary/aromatic N) is 6. The molecule has 9 rings (SSSR count). The van der Waals surface area contributed by atoms with Gasteiger partial charge in [0.1, 0.15) is 0 Å². The third-order valence-corrected chi connectivity index (χ3v) is 10.2. The quantitative estimate of drug-likeness (QED) is 0.193. The van der Waals surface area contributed by atoms with Crippen LogP contribution in [0.1, 0.15) is 27.8 Å². The fourth-order valence-electron chi connectivity index (χ4n) is 8.12. The molecule has 0 aliphatic heterocycles. The molecule has 9 aromatic rings. The molecular weight excluding hydrogens is 601 g/mol. The van der Waals surface area contributed by atoms with Crippen molar-refractivity contribution in [2.75, 3.05) is 0 Å². The zero-order valence-electron chi connectivity index (χ0n) is 28.2. The Morgan fingerprint density at radius 3 is 1.06 bits per heavy atom. The summed E-state index contributed by atoms with van der Waals surface area (Å²) >= 11 is 0. The summed E-state index contributed by atoms with van der Waals surface area (Å²) in [6, 6.07) is 24.4. The Kier molecular flexibility index (Phi) is 6.49. The standard InChI is InChI=1S/C43H34N6/c1-25-19-30(48-38-10-14-44-21-34(38)35-22-45-15-11-39(35)48)6-8-32(25)42-27(3)18-28(4)43(29(42)5)33-9-7-31(20-26(33)2)49-40-12-16-46-23-36(40)37-24-47-17-13-41(37)49/h6-24H,1-5H3. The third-order valence-electron chi connectivity index (χ3n) is 10.2. The smallest absolute Gasteiger partial charge is 0.0572 e. The first kappa shape index (κ1) is 29.0. The molecule has 0 fully saturated rings. The van der Waals surface area contributed by atoms with Gasteiger partial charge in [-0.15, -0.1) is 0 Å². The summed E-state index contributed by atoms with van der Waals surface area (Å²) in [6.45, 7) is 11.2. The molecule has 0 unspecified atom stereocenters. The van der Waals surface area contributed by atoms with Crippen LogP contribution in [0.2, 0.25) is 0 Å². The van der Waals surface area contributed by atoms with Crippen LogP contribution in [-0.2, 0) is 0 Å². The van der Waals surface area contributed by atoms with E-state index in [-0.39, 0.29) is 0 Å². The Balaban J connectivity index is 1.17. The van der Waals surface area contributed by atoms with E-state index in [2.05, 4.69) is 130 Å². The summed E-state index contributed by atoms with van der Waals surface area (Å²) in [6.07, 6.45) is 15.2. The fraction of sp³-hybridized carbons (Fsp3) is 0.116. The van der Waals surface area contributed by atoms with E-state index in [4.69, 9.17) is 0 Å². The van der Waals surface area contributed by atoms with E-state index in [1.54, 1.807) is 0 Å². The van der Waals surface area contributed by atoms with Crippen molar-refractivity contribution in [2.24, 2.45) is 0 Å². The van der Waals surface area contributed by atoms with Crippen molar-refractivity contribution >= 4 is 43.6 Å². The number of hydrogen-bond acceptors (Lipinski definition) is 4. The molecular formula is C43H34N6. The summed E-state index contributed by atoms with van der Waals surface area (Å²) in [4.78, 5) is 17.6. The monoisotopic (exact) mass is 634 g/mol. The molecule has 0 spiro atoms. The van der Waals surface area contributed by atoms with Crippen molar-refractivity contribution in [3.63, 3.8) is 0 Å². The summed E-state index contributed by atoms with van der Waals surface area (Å²) in [5.74, 6) is 0. The van der Waals surface area contributed by atoms with Crippen molar-refractivity contribution in [1.82, 2.24) is 29.1 Å². The molecule has 0 bridgehead atoms. The van der Waals surface area contributed by atoms with Crippen LogP contribution in [0.5, 0.6) is 0 Å². The van der Waals surface area contributed by atoms with Gasteiger partial charge in [0, 0.05) is 82.5 Å². The maximum atomic E-state index is 4.40. The second kappa shape index (κ2) is 11.0. The Bertz CT molecular complexity index is 2490. The lowest BCUT2D eigenvalue weighted by molar-refractivity contribution is 1.16. The van der Waals surface area contributed by atoms with Crippen molar-refractivity contribution in [3.8, 4) is 33.6 Å². The molecule has 0 aliphatic rings. The first-order valence-corrected chi connectivity index (χ1v) is 16.6. The van der Waals surface area contributed by atoms with Gasteiger partial charge in [-0.25, -0.2) is 0 Å². The molecule has 6 heterocycles. The second-order valence-corrected chi connectivity index (χ2v) is 13.1. The van der Waals surface area contributed by atoms with Crippen LogP contribution in [-0.4, -0.2) is 29.1 Å². The average molecular weight is 635 g/mol. The highest BCUT2D eigenvalue weighted by Gasteiger charge is 2.20. The molecule has 0 saturated heterocycles. The van der Waals surface area contributed by atoms with Crippen molar-refractivity contribution in [1.29, 1.82) is 0 Å². The SMILES string of the molecule is Cc1cc(-n2c3ccncc3c3cnccc32)ccc1-c1c(C)cc(C)c(-c2ccc(-n3c4ccncc4c4cnccc43)cc2C)c1C. The molecule has 0 amide bonds. The van der Waals surface area contributed by atoms with E-state index in [0.717, 1.165) is 55.0 Å². The van der Waals surface area contributed by atoms with Crippen LogP contribution < -0.4 is 0 Å². The van der Waals surface area contributed by atoms with E-state index in [1.807, 2.05) is 49.6 Å². The first-order chi connectivity index (χ1) is 23.9. The van der Waals surface area contributed by atoms with Crippen LogP contribution in [0.4, 0.5) is 0 Å². The van der Waals surface area contributed by atoms with Gasteiger partial charge in [0.2, 0.25) is 0 Å². The van der Waals surface area contributed by atoms with Crippen molar-refractivity contribution < 1.29 is 0 Å². The number of rotatable bonds is 4. The Labute approximate surface area is 284 Å². The predicted octanol–water partition coefficient (Wildman–Crippen LogP) is 10.3. The summed E-state index contributed by atoms with van der Waals surface area (Å²) < 4.78 is 4.64. The van der Waals surface area contributed by atoms with Crippen molar-refractivity contribution in [2.45, 2.75) is 34.6 Å². The summed E-state index contributed by atoms with van der Waals surface area (Å²) in [5, 5.41) is 4.43. The van der Waals surface area contributed by atoms with Gasteiger partial charge in [0.05, 0.1) is 22.1 Å². The largest absolute Gasteiger partial charge is 0.309 e. The third kappa shape index (κ3) is 4.34. The lowest BCUT2D eigenvalue weighted by atomic mass is 9.84. The van der Waals surface area contributed by atoms with Gasteiger partial charge in [-0.1, -0.05) is 18.2 Å². The Morgan fingerprint density at radius 2 is 0.735 bits per heavy atom. The van der Waals surface area contributed by atoms with Gasteiger partial charge < -0.3 is 9.13 Å². The van der Waals surface area contributed by atoms with Crippen LogP contribution in [0.15, 0.2) is 116 Å². The molecule has 0 radical (unpaired) electrons. The number of hydrogen-bond donors (Lipinski definition) is 0. The predicted molar refractivity (Wildman–Crippen MR) is 201 cm³/mol. The van der Waals surface area contributed by atoms with E-state index in [9.17, 15) is 0 Å². The van der Waals surface area contributed by atoms with Crippen LogP contribution in [0.25, 0.3) is 77.2 Å². The fourth-order valence-corrected chi connectivity index (χ4v) is 8.12. The molecule has 0 atom stereocenters. The van der Waals surface area contributed by atoms with Crippen LogP contribution in [0, 0.1) is 34.6 Å². The Hall–Kier alpha value is -6.14. The maximum Gasteiger partial charge on any atom is 0.0572 e. The van der Waals surface area contributed by atoms with Gasteiger partial charge in [0.15, 0.2) is 0 Å². The highest BCUT2D eigenvalue weighted by Crippen LogP contribution is 2.41.